The fourth-order valence-corrected chi connectivity index (χ4v) is 4.41. The van der Waals surface area contributed by atoms with E-state index in [4.69, 9.17) is 4.74 Å². The summed E-state index contributed by atoms with van der Waals surface area (Å²) in [5.41, 5.74) is 3.52. The minimum Gasteiger partial charge on any atom is -0.497 e. The molecule has 162 valence electrons. The first-order valence-corrected chi connectivity index (χ1v) is 10.3. The van der Waals surface area contributed by atoms with Crippen LogP contribution in [0.3, 0.4) is 0 Å². The molecule has 2 aromatic carbocycles. The number of ketones is 1. The van der Waals surface area contributed by atoms with Crippen LogP contribution in [0.4, 0.5) is 4.39 Å². The van der Waals surface area contributed by atoms with Crippen LogP contribution in [0.5, 0.6) is 5.75 Å². The SMILES string of the molecule is COc1ccc([C@@H]2c3[nH]c4ccccc4c3CCN2C(=O)c2cc(C(C)=O)n[nH]2)c(F)c1. The van der Waals surface area contributed by atoms with E-state index in [-0.39, 0.29) is 23.1 Å². The molecule has 4 aromatic rings. The lowest BCUT2D eigenvalue weighted by molar-refractivity contribution is 0.0683. The Bertz CT molecular complexity index is 1360. The molecule has 0 aliphatic carbocycles. The second kappa shape index (κ2) is 7.64. The number of methoxy groups -OCH3 is 1. The Hall–Kier alpha value is -3.94. The van der Waals surface area contributed by atoms with Crippen LogP contribution in [0, 0.1) is 5.82 Å². The first-order valence-electron chi connectivity index (χ1n) is 10.3. The van der Waals surface area contributed by atoms with Gasteiger partial charge in [-0.15, -0.1) is 0 Å². The number of fused-ring (bicyclic) bond motifs is 3. The molecule has 3 heterocycles. The summed E-state index contributed by atoms with van der Waals surface area (Å²) in [7, 11) is 1.48. The summed E-state index contributed by atoms with van der Waals surface area (Å²) in [6.07, 6.45) is 0.618. The van der Waals surface area contributed by atoms with E-state index in [1.165, 1.54) is 26.2 Å². The van der Waals surface area contributed by atoms with Gasteiger partial charge in [-0.1, -0.05) is 18.2 Å². The maximum atomic E-state index is 15.2. The van der Waals surface area contributed by atoms with Crippen molar-refractivity contribution in [1.29, 1.82) is 0 Å². The number of amides is 1. The Balaban J connectivity index is 1.66. The van der Waals surface area contributed by atoms with E-state index in [9.17, 15) is 9.59 Å². The maximum absolute atomic E-state index is 15.2. The number of ether oxygens (including phenoxy) is 1. The molecule has 1 atom stereocenters. The van der Waals surface area contributed by atoms with E-state index in [0.717, 1.165) is 22.2 Å². The molecule has 0 fully saturated rings. The summed E-state index contributed by atoms with van der Waals surface area (Å²) in [5.74, 6) is -0.659. The summed E-state index contributed by atoms with van der Waals surface area (Å²) in [6.45, 7) is 1.77. The third-order valence-corrected chi connectivity index (χ3v) is 5.97. The number of aromatic nitrogens is 3. The van der Waals surface area contributed by atoms with E-state index in [2.05, 4.69) is 15.2 Å². The van der Waals surface area contributed by atoms with Gasteiger partial charge < -0.3 is 14.6 Å². The molecule has 5 rings (SSSR count). The van der Waals surface area contributed by atoms with Gasteiger partial charge in [0.1, 0.15) is 29.0 Å². The lowest BCUT2D eigenvalue weighted by Gasteiger charge is -2.36. The molecule has 8 heteroatoms. The number of para-hydroxylation sites is 1. The van der Waals surface area contributed by atoms with Crippen molar-refractivity contribution in [2.24, 2.45) is 0 Å². The minimum atomic E-state index is -0.673. The number of aromatic amines is 2. The van der Waals surface area contributed by atoms with Crippen molar-refractivity contribution < 1.29 is 18.7 Å². The first kappa shape index (κ1) is 20.0. The zero-order valence-corrected chi connectivity index (χ0v) is 17.6. The molecule has 7 nitrogen and oxygen atoms in total. The number of nitrogens with zero attached hydrogens (tertiary/aromatic N) is 2. The Kier molecular flexibility index (Phi) is 4.77. The summed E-state index contributed by atoms with van der Waals surface area (Å²) < 4.78 is 20.4. The summed E-state index contributed by atoms with van der Waals surface area (Å²) >= 11 is 0. The third kappa shape index (κ3) is 3.15. The van der Waals surface area contributed by atoms with E-state index >= 15 is 4.39 Å². The van der Waals surface area contributed by atoms with Gasteiger partial charge in [-0.25, -0.2) is 4.39 Å². The van der Waals surface area contributed by atoms with Crippen LogP contribution in [0.2, 0.25) is 0 Å². The number of carbonyl (C=O) groups is 2. The number of H-pyrrole nitrogens is 2. The van der Waals surface area contributed by atoms with E-state index in [1.807, 2.05) is 24.3 Å². The first-order chi connectivity index (χ1) is 15.5. The molecule has 1 amide bonds. The van der Waals surface area contributed by atoms with Crippen molar-refractivity contribution in [3.8, 4) is 5.75 Å². The Morgan fingerprint density at radius 3 is 2.72 bits per heavy atom. The Morgan fingerprint density at radius 2 is 2.00 bits per heavy atom. The average molecular weight is 432 g/mol. The molecular formula is C24H21FN4O3. The maximum Gasteiger partial charge on any atom is 0.272 e. The van der Waals surface area contributed by atoms with Gasteiger partial charge in [-0.05, 0) is 36.2 Å². The molecule has 1 aliphatic rings. The Morgan fingerprint density at radius 1 is 1.19 bits per heavy atom. The zero-order chi connectivity index (χ0) is 22.4. The monoisotopic (exact) mass is 432 g/mol. The molecule has 0 bridgehead atoms. The van der Waals surface area contributed by atoms with Crippen LogP contribution in [0.25, 0.3) is 10.9 Å². The van der Waals surface area contributed by atoms with Crippen molar-refractivity contribution >= 4 is 22.6 Å². The average Bonchev–Trinajstić information content (AvgIpc) is 3.43. The number of hydrogen-bond donors (Lipinski definition) is 2. The van der Waals surface area contributed by atoms with Gasteiger partial charge in [0.15, 0.2) is 5.78 Å². The third-order valence-electron chi connectivity index (χ3n) is 5.97. The number of benzene rings is 2. The number of nitrogens with one attached hydrogen (secondary N) is 2. The lowest BCUT2D eigenvalue weighted by Crippen LogP contribution is -2.41. The van der Waals surface area contributed by atoms with Crippen LogP contribution in [0.1, 0.15) is 50.8 Å². The van der Waals surface area contributed by atoms with Crippen LogP contribution >= 0.6 is 0 Å². The highest BCUT2D eigenvalue weighted by atomic mass is 19.1. The molecular weight excluding hydrogens is 411 g/mol. The molecule has 0 saturated carbocycles. The number of hydrogen-bond acceptors (Lipinski definition) is 4. The van der Waals surface area contributed by atoms with Gasteiger partial charge in [0, 0.05) is 41.7 Å². The summed E-state index contributed by atoms with van der Waals surface area (Å²) in [5, 5.41) is 7.65. The van der Waals surface area contributed by atoms with Gasteiger partial charge in [0.05, 0.1) is 7.11 Å². The van der Waals surface area contributed by atoms with Crippen molar-refractivity contribution in [2.45, 2.75) is 19.4 Å². The van der Waals surface area contributed by atoms with Crippen LogP contribution in [-0.2, 0) is 6.42 Å². The van der Waals surface area contributed by atoms with Crippen LogP contribution in [-0.4, -0.2) is 45.4 Å². The molecule has 1 aliphatic heterocycles. The number of carbonyl (C=O) groups excluding carboxylic acids is 2. The van der Waals surface area contributed by atoms with Gasteiger partial charge in [0.25, 0.3) is 5.91 Å². The van der Waals surface area contributed by atoms with E-state index < -0.39 is 11.9 Å². The second-order valence-corrected chi connectivity index (χ2v) is 7.82. The Labute approximate surface area is 183 Å². The standard InChI is InChI=1S/C24H21FN4O3/c1-13(30)20-12-21(28-27-20)24(31)29-10-9-16-15-5-3-4-6-19(15)26-22(16)23(29)17-8-7-14(32-2)11-18(17)25/h3-8,11-12,23,26H,9-10H2,1-2H3,(H,27,28)/t23-/m1/s1. The number of rotatable bonds is 4. The summed E-state index contributed by atoms with van der Waals surface area (Å²) in [6, 6.07) is 13.3. The van der Waals surface area contributed by atoms with Crippen molar-refractivity contribution in [1.82, 2.24) is 20.1 Å². The van der Waals surface area contributed by atoms with Crippen molar-refractivity contribution in [2.75, 3.05) is 13.7 Å². The molecule has 0 saturated heterocycles. The smallest absolute Gasteiger partial charge is 0.272 e. The molecule has 32 heavy (non-hydrogen) atoms. The molecule has 0 spiro atoms. The molecule has 2 aromatic heterocycles. The zero-order valence-electron chi connectivity index (χ0n) is 17.6. The molecule has 0 unspecified atom stereocenters. The van der Waals surface area contributed by atoms with Gasteiger partial charge >= 0.3 is 0 Å². The fourth-order valence-electron chi connectivity index (χ4n) is 4.41. The van der Waals surface area contributed by atoms with Crippen molar-refractivity contribution in [3.63, 3.8) is 0 Å². The molecule has 0 radical (unpaired) electrons. The van der Waals surface area contributed by atoms with Crippen LogP contribution in [0.15, 0.2) is 48.5 Å². The summed E-state index contributed by atoms with van der Waals surface area (Å²) in [4.78, 5) is 30.1. The van der Waals surface area contributed by atoms with Gasteiger partial charge in [-0.2, -0.15) is 5.10 Å². The predicted octanol–water partition coefficient (Wildman–Crippen LogP) is 4.03. The number of Topliss-reactive ketones (excluding diaryl/α,β-unsaturated/α-hetero) is 1. The lowest BCUT2D eigenvalue weighted by atomic mass is 9.91. The minimum absolute atomic E-state index is 0.184. The largest absolute Gasteiger partial charge is 0.497 e. The highest BCUT2D eigenvalue weighted by Crippen LogP contribution is 2.40. The normalized spacial score (nSPS) is 15.6. The van der Waals surface area contributed by atoms with Crippen molar-refractivity contribution in [3.05, 3.63) is 82.6 Å². The fraction of sp³-hybridized carbons (Fsp3) is 0.208. The molecule has 2 N–H and O–H groups in total. The highest BCUT2D eigenvalue weighted by molar-refractivity contribution is 5.98. The highest BCUT2D eigenvalue weighted by Gasteiger charge is 2.37. The number of halogens is 1. The van der Waals surface area contributed by atoms with Crippen LogP contribution < -0.4 is 4.74 Å². The topological polar surface area (TPSA) is 91.1 Å². The van der Waals surface area contributed by atoms with Gasteiger partial charge in [0.2, 0.25) is 0 Å². The van der Waals surface area contributed by atoms with E-state index in [0.29, 0.717) is 24.3 Å². The van der Waals surface area contributed by atoms with Gasteiger partial charge in [-0.3, -0.25) is 14.7 Å². The second-order valence-electron chi connectivity index (χ2n) is 7.82. The van der Waals surface area contributed by atoms with E-state index in [1.54, 1.807) is 17.0 Å². The quantitative estimate of drug-likeness (QED) is 0.477. The predicted molar refractivity (Wildman–Crippen MR) is 116 cm³/mol.